The predicted molar refractivity (Wildman–Crippen MR) is 79.0 cm³/mol. The molecule has 0 spiro atoms. The van der Waals surface area contributed by atoms with Crippen molar-refractivity contribution in [1.29, 1.82) is 0 Å². The maximum absolute atomic E-state index is 6.20. The van der Waals surface area contributed by atoms with Crippen LogP contribution < -0.4 is 0 Å². The number of halogens is 2. The Hall–Kier alpha value is -0.460. The molecule has 0 aliphatic carbocycles. The normalized spacial score (nSPS) is 12.6. The van der Waals surface area contributed by atoms with Crippen LogP contribution in [0, 0.1) is 0 Å². The average Bonchev–Trinajstić information content (AvgIpc) is 2.35. The van der Waals surface area contributed by atoms with E-state index < -0.39 is 0 Å². The molecule has 0 bridgehead atoms. The zero-order valence-corrected chi connectivity index (χ0v) is 12.0. The summed E-state index contributed by atoms with van der Waals surface area (Å²) in [6.45, 7) is 0. The second-order valence-corrected chi connectivity index (χ2v) is 5.78. The summed E-state index contributed by atoms with van der Waals surface area (Å²) in [4.78, 5) is 0. The molecule has 0 heterocycles. The molecule has 0 fully saturated rings. The van der Waals surface area contributed by atoms with Gasteiger partial charge in [-0.15, -0.1) is 0 Å². The van der Waals surface area contributed by atoms with Crippen LogP contribution in [0.15, 0.2) is 48.5 Å². The third-order valence-corrected chi connectivity index (χ3v) is 4.51. The summed E-state index contributed by atoms with van der Waals surface area (Å²) in [5.74, 6) is 0. The first kappa shape index (κ1) is 13.0. The van der Waals surface area contributed by atoms with Crippen LogP contribution in [0.1, 0.15) is 16.8 Å². The van der Waals surface area contributed by atoms with Crippen molar-refractivity contribution in [2.75, 3.05) is 0 Å². The first-order valence-corrected chi connectivity index (χ1v) is 7.78. The lowest BCUT2D eigenvalue weighted by molar-refractivity contribution is 1.16. The molecule has 0 nitrogen and oxygen atoms in total. The van der Waals surface area contributed by atoms with E-state index in [1.165, 1.54) is 0 Å². The molecule has 4 heteroatoms. The lowest BCUT2D eigenvalue weighted by atomic mass is 10.0. The van der Waals surface area contributed by atoms with E-state index in [4.69, 9.17) is 35.0 Å². The van der Waals surface area contributed by atoms with Crippen molar-refractivity contribution in [2.45, 2.75) is 5.66 Å². The van der Waals surface area contributed by atoms with Crippen molar-refractivity contribution < 1.29 is 0 Å². The number of rotatable bonds is 3. The van der Waals surface area contributed by atoms with Crippen LogP contribution in [0.5, 0.6) is 0 Å². The first-order chi connectivity index (χ1) is 8.22. The van der Waals surface area contributed by atoms with E-state index in [9.17, 15) is 0 Å². The zero-order chi connectivity index (χ0) is 12.3. The minimum atomic E-state index is 0.121. The van der Waals surface area contributed by atoms with E-state index in [2.05, 4.69) is 0 Å². The maximum Gasteiger partial charge on any atom is 0.0627 e. The molecular formula is C13H9Cl2PS. The molecule has 1 unspecified atom stereocenters. The molecule has 2 aromatic carbocycles. The molecule has 2 aromatic rings. The molecule has 0 aromatic heterocycles. The summed E-state index contributed by atoms with van der Waals surface area (Å²) in [5.41, 5.74) is 2.32. The van der Waals surface area contributed by atoms with Gasteiger partial charge in [-0.05, 0) is 36.7 Å². The quantitative estimate of drug-likeness (QED) is 0.675. The van der Waals surface area contributed by atoms with E-state index in [-0.39, 0.29) is 5.66 Å². The van der Waals surface area contributed by atoms with E-state index in [0.717, 1.165) is 28.5 Å². The highest BCUT2D eigenvalue weighted by atomic mass is 35.5. The highest BCUT2D eigenvalue weighted by Crippen LogP contribution is 2.38. The molecule has 2 rings (SSSR count). The summed E-state index contributed by atoms with van der Waals surface area (Å²) in [5, 5.41) is 1.48. The Labute approximate surface area is 117 Å². The van der Waals surface area contributed by atoms with Gasteiger partial charge in [0.25, 0.3) is 0 Å². The van der Waals surface area contributed by atoms with Crippen molar-refractivity contribution >= 4 is 42.4 Å². The van der Waals surface area contributed by atoms with Gasteiger partial charge < -0.3 is 0 Å². The lowest BCUT2D eigenvalue weighted by Gasteiger charge is -2.13. The summed E-state index contributed by atoms with van der Waals surface area (Å²) in [6, 6.07) is 15.5. The van der Waals surface area contributed by atoms with E-state index in [1.807, 2.05) is 48.5 Å². The van der Waals surface area contributed by atoms with Crippen LogP contribution in [0.2, 0.25) is 10.0 Å². The van der Waals surface area contributed by atoms with Gasteiger partial charge >= 0.3 is 0 Å². The minimum absolute atomic E-state index is 0.121. The molecule has 86 valence electrons. The second-order valence-electron chi connectivity index (χ2n) is 3.58. The van der Waals surface area contributed by atoms with Gasteiger partial charge in [0.15, 0.2) is 0 Å². The molecule has 17 heavy (non-hydrogen) atoms. The molecule has 0 radical (unpaired) electrons. The van der Waals surface area contributed by atoms with Gasteiger partial charge in [-0.1, -0.05) is 65.3 Å². The topological polar surface area (TPSA) is 0 Å². The fraction of sp³-hybridized carbons (Fsp3) is 0.0769. The van der Waals surface area contributed by atoms with Gasteiger partial charge in [-0.25, -0.2) is 0 Å². The molecule has 0 saturated carbocycles. The first-order valence-electron chi connectivity index (χ1n) is 5.04. The number of benzene rings is 2. The Balaban J connectivity index is 2.44. The third kappa shape index (κ3) is 3.05. The number of hydrogen-bond donors (Lipinski definition) is 0. The lowest BCUT2D eigenvalue weighted by Crippen LogP contribution is -1.93. The van der Waals surface area contributed by atoms with Crippen LogP contribution in [-0.2, 0) is 11.8 Å². The van der Waals surface area contributed by atoms with E-state index in [0.29, 0.717) is 0 Å². The van der Waals surface area contributed by atoms with Crippen LogP contribution in [0.3, 0.4) is 0 Å². The Morgan fingerprint density at radius 2 is 1.59 bits per heavy atom. The van der Waals surface area contributed by atoms with Crippen molar-refractivity contribution in [3.05, 3.63) is 69.7 Å². The molecule has 0 aliphatic rings. The molecular weight excluding hydrogens is 290 g/mol. The van der Waals surface area contributed by atoms with Crippen molar-refractivity contribution in [3.63, 3.8) is 0 Å². The molecule has 0 amide bonds. The largest absolute Gasteiger partial charge is 0.0843 e. The highest BCUT2D eigenvalue weighted by molar-refractivity contribution is 7.96. The van der Waals surface area contributed by atoms with Gasteiger partial charge in [-0.2, -0.15) is 0 Å². The average molecular weight is 299 g/mol. The Morgan fingerprint density at radius 1 is 0.941 bits per heavy atom. The highest BCUT2D eigenvalue weighted by Gasteiger charge is 2.14. The smallest absolute Gasteiger partial charge is 0.0627 e. The maximum atomic E-state index is 6.20. The van der Waals surface area contributed by atoms with Crippen LogP contribution >= 0.6 is 30.6 Å². The summed E-state index contributed by atoms with van der Waals surface area (Å²) in [6.07, 6.45) is 0. The third-order valence-electron chi connectivity index (χ3n) is 2.49. The summed E-state index contributed by atoms with van der Waals surface area (Å²) >= 11 is 17.3. The van der Waals surface area contributed by atoms with E-state index >= 15 is 0 Å². The number of hydrogen-bond acceptors (Lipinski definition) is 1. The molecule has 0 aliphatic heterocycles. The summed E-state index contributed by atoms with van der Waals surface area (Å²) < 4.78 is 0. The molecule has 0 saturated heterocycles. The van der Waals surface area contributed by atoms with Crippen molar-refractivity contribution in [2.24, 2.45) is 0 Å². The standard InChI is InChI=1S/C13H9Cl2PS/c14-10-7-5-9(6-8-10)13(16-17)11-3-1-2-4-12(11)15/h1-8,13H. The Morgan fingerprint density at radius 3 is 2.18 bits per heavy atom. The van der Waals surface area contributed by atoms with Gasteiger partial charge in [0.05, 0.1) is 5.66 Å². The Kier molecular flexibility index (Phi) is 4.53. The fourth-order valence-corrected chi connectivity index (χ4v) is 3.42. The molecule has 0 N–H and O–H groups in total. The zero-order valence-electron chi connectivity index (χ0n) is 8.81. The molecule has 1 atom stereocenters. The second kappa shape index (κ2) is 5.93. The fourth-order valence-electron chi connectivity index (χ4n) is 1.64. The predicted octanol–water partition coefficient (Wildman–Crippen LogP) is 5.49. The summed E-state index contributed by atoms with van der Waals surface area (Å²) in [7, 11) is 0.852. The van der Waals surface area contributed by atoms with Crippen molar-refractivity contribution in [3.8, 4) is 0 Å². The van der Waals surface area contributed by atoms with Gasteiger partial charge in [0.2, 0.25) is 0 Å². The van der Waals surface area contributed by atoms with Gasteiger partial charge in [0.1, 0.15) is 0 Å². The van der Waals surface area contributed by atoms with Gasteiger partial charge in [-0.3, -0.25) is 0 Å². The van der Waals surface area contributed by atoms with Crippen LogP contribution in [0.25, 0.3) is 0 Å². The van der Waals surface area contributed by atoms with Gasteiger partial charge in [0, 0.05) is 10.0 Å². The Bertz CT molecular complexity index is 525. The van der Waals surface area contributed by atoms with Crippen LogP contribution in [-0.4, -0.2) is 0 Å². The SMILES string of the molecule is S=PC(c1ccc(Cl)cc1)c1ccccc1Cl. The van der Waals surface area contributed by atoms with Crippen molar-refractivity contribution in [1.82, 2.24) is 0 Å². The minimum Gasteiger partial charge on any atom is -0.0843 e. The van der Waals surface area contributed by atoms with Crippen LogP contribution in [0.4, 0.5) is 0 Å². The van der Waals surface area contributed by atoms with E-state index in [1.54, 1.807) is 0 Å². The monoisotopic (exact) mass is 298 g/mol.